The number of aliphatic carboxylic acids is 1. The Morgan fingerprint density at radius 2 is 2.16 bits per heavy atom. The fraction of sp³-hybridized carbons (Fsp3) is 0.462. The van der Waals surface area contributed by atoms with Crippen molar-refractivity contribution in [1.29, 1.82) is 0 Å². The molecule has 6 heteroatoms. The lowest BCUT2D eigenvalue weighted by Gasteiger charge is -2.23. The second kappa shape index (κ2) is 6.72. The number of hydrogen-bond acceptors (Lipinski definition) is 3. The van der Waals surface area contributed by atoms with Crippen LogP contribution in [0.5, 0.6) is 0 Å². The predicted octanol–water partition coefficient (Wildman–Crippen LogP) is 1.38. The van der Waals surface area contributed by atoms with Gasteiger partial charge in [0.1, 0.15) is 0 Å². The summed E-state index contributed by atoms with van der Waals surface area (Å²) < 4.78 is 0. The summed E-state index contributed by atoms with van der Waals surface area (Å²) in [5.41, 5.74) is -0.0554. The predicted molar refractivity (Wildman–Crippen MR) is 70.5 cm³/mol. The maximum absolute atomic E-state index is 11.6. The van der Waals surface area contributed by atoms with Crippen molar-refractivity contribution < 1.29 is 14.7 Å². The zero-order valence-corrected chi connectivity index (χ0v) is 11.1. The molecule has 104 valence electrons. The number of rotatable bonds is 6. The van der Waals surface area contributed by atoms with Gasteiger partial charge in [0, 0.05) is 25.5 Å². The zero-order chi connectivity index (χ0) is 14.3. The van der Waals surface area contributed by atoms with Crippen LogP contribution in [-0.2, 0) is 11.3 Å². The summed E-state index contributed by atoms with van der Waals surface area (Å²) in [4.78, 5) is 26.6. The van der Waals surface area contributed by atoms with Gasteiger partial charge in [-0.1, -0.05) is 13.0 Å². The third kappa shape index (κ3) is 4.57. The van der Waals surface area contributed by atoms with E-state index in [-0.39, 0.29) is 12.6 Å². The molecule has 6 nitrogen and oxygen atoms in total. The number of urea groups is 1. The highest BCUT2D eigenvalue weighted by molar-refractivity contribution is 5.77. The van der Waals surface area contributed by atoms with E-state index in [1.165, 1.54) is 0 Å². The van der Waals surface area contributed by atoms with E-state index >= 15 is 0 Å². The first kappa shape index (κ1) is 14.9. The molecule has 0 saturated carbocycles. The maximum atomic E-state index is 11.6. The van der Waals surface area contributed by atoms with Gasteiger partial charge in [0.05, 0.1) is 5.41 Å². The molecule has 0 fully saturated rings. The van der Waals surface area contributed by atoms with Crippen LogP contribution in [0, 0.1) is 5.41 Å². The summed E-state index contributed by atoms with van der Waals surface area (Å²) in [7, 11) is 0. The lowest BCUT2D eigenvalue weighted by molar-refractivity contribution is -0.147. The Bertz CT molecular complexity index is 436. The minimum Gasteiger partial charge on any atom is -0.481 e. The quantitative estimate of drug-likeness (QED) is 0.724. The van der Waals surface area contributed by atoms with Gasteiger partial charge in [0.2, 0.25) is 0 Å². The van der Waals surface area contributed by atoms with Crippen molar-refractivity contribution in [2.75, 3.05) is 6.54 Å². The third-order valence-corrected chi connectivity index (χ3v) is 3.11. The zero-order valence-electron chi connectivity index (χ0n) is 11.1. The maximum Gasteiger partial charge on any atom is 0.315 e. The van der Waals surface area contributed by atoms with Gasteiger partial charge in [0.15, 0.2) is 0 Å². The second-order valence-electron chi connectivity index (χ2n) is 4.62. The summed E-state index contributed by atoms with van der Waals surface area (Å²) >= 11 is 0. The van der Waals surface area contributed by atoms with Crippen LogP contribution < -0.4 is 10.6 Å². The summed E-state index contributed by atoms with van der Waals surface area (Å²) in [5, 5.41) is 14.3. The van der Waals surface area contributed by atoms with Gasteiger partial charge >= 0.3 is 12.0 Å². The Hall–Kier alpha value is -2.11. The number of nitrogens with zero attached hydrogens (tertiary/aromatic N) is 1. The van der Waals surface area contributed by atoms with Gasteiger partial charge < -0.3 is 15.7 Å². The molecule has 1 aromatic heterocycles. The summed E-state index contributed by atoms with van der Waals surface area (Å²) in [6.07, 6.45) is 3.77. The minimum atomic E-state index is -0.939. The van der Waals surface area contributed by atoms with Crippen LogP contribution in [0.2, 0.25) is 0 Å². The second-order valence-corrected chi connectivity index (χ2v) is 4.62. The van der Waals surface area contributed by atoms with Gasteiger partial charge in [-0.3, -0.25) is 9.78 Å². The Labute approximate surface area is 112 Å². The molecule has 0 bridgehead atoms. The number of hydrogen-bond donors (Lipinski definition) is 3. The van der Waals surface area contributed by atoms with Crippen molar-refractivity contribution in [2.24, 2.45) is 5.41 Å². The number of carbonyl (C=O) groups is 2. The van der Waals surface area contributed by atoms with Crippen LogP contribution in [0.1, 0.15) is 25.8 Å². The van der Waals surface area contributed by atoms with Gasteiger partial charge in [-0.25, -0.2) is 4.79 Å². The van der Waals surface area contributed by atoms with Crippen molar-refractivity contribution >= 4 is 12.0 Å². The number of amides is 2. The average Bonchev–Trinajstić information content (AvgIpc) is 2.43. The molecular weight excluding hydrogens is 246 g/mol. The molecule has 1 heterocycles. The van der Waals surface area contributed by atoms with Crippen LogP contribution in [0.3, 0.4) is 0 Å². The molecule has 0 spiro atoms. The first-order chi connectivity index (χ1) is 8.98. The van der Waals surface area contributed by atoms with E-state index in [0.29, 0.717) is 13.0 Å². The molecular formula is C13H19N3O3. The fourth-order valence-electron chi connectivity index (χ4n) is 1.37. The number of nitrogens with one attached hydrogen (secondary N) is 2. The highest BCUT2D eigenvalue weighted by Crippen LogP contribution is 2.19. The molecule has 19 heavy (non-hydrogen) atoms. The van der Waals surface area contributed by atoms with Crippen LogP contribution in [0.4, 0.5) is 4.79 Å². The van der Waals surface area contributed by atoms with Crippen molar-refractivity contribution in [1.82, 2.24) is 15.6 Å². The molecule has 0 radical (unpaired) electrons. The van der Waals surface area contributed by atoms with Gasteiger partial charge in [0.25, 0.3) is 0 Å². The Balaban J connectivity index is 2.38. The monoisotopic (exact) mass is 265 g/mol. The van der Waals surface area contributed by atoms with E-state index in [2.05, 4.69) is 15.6 Å². The number of carboxylic acids is 1. The van der Waals surface area contributed by atoms with Crippen LogP contribution >= 0.6 is 0 Å². The normalized spacial score (nSPS) is 13.4. The van der Waals surface area contributed by atoms with Crippen molar-refractivity contribution in [3.63, 3.8) is 0 Å². The Morgan fingerprint density at radius 3 is 2.68 bits per heavy atom. The molecule has 1 rings (SSSR count). The average molecular weight is 265 g/mol. The molecule has 0 aliphatic rings. The van der Waals surface area contributed by atoms with E-state index < -0.39 is 11.4 Å². The molecule has 1 atom stereocenters. The summed E-state index contributed by atoms with van der Waals surface area (Å²) in [5.74, 6) is -0.914. The number of aromatic nitrogens is 1. The van der Waals surface area contributed by atoms with Crippen molar-refractivity contribution in [3.05, 3.63) is 30.1 Å². The van der Waals surface area contributed by atoms with Gasteiger partial charge in [-0.05, 0) is 25.0 Å². The van der Waals surface area contributed by atoms with E-state index in [9.17, 15) is 9.59 Å². The van der Waals surface area contributed by atoms with Crippen LogP contribution in [-0.4, -0.2) is 28.6 Å². The van der Waals surface area contributed by atoms with E-state index in [0.717, 1.165) is 5.56 Å². The van der Waals surface area contributed by atoms with Gasteiger partial charge in [-0.2, -0.15) is 0 Å². The first-order valence-electron chi connectivity index (χ1n) is 6.12. The molecule has 0 aliphatic heterocycles. The highest BCUT2D eigenvalue weighted by Gasteiger charge is 2.31. The standard InChI is InChI=1S/C13H19N3O3/c1-3-13(2,11(17)18)9-16-12(19)15-8-10-5-4-6-14-7-10/h4-7H,3,8-9H2,1-2H3,(H,17,18)(H2,15,16,19). The number of pyridine rings is 1. The molecule has 3 N–H and O–H groups in total. The third-order valence-electron chi connectivity index (χ3n) is 3.11. The largest absolute Gasteiger partial charge is 0.481 e. The summed E-state index contributed by atoms with van der Waals surface area (Å²) in [6.45, 7) is 3.84. The Kier molecular flexibility index (Phi) is 5.29. The molecule has 2 amide bonds. The molecule has 1 unspecified atom stereocenters. The highest BCUT2D eigenvalue weighted by atomic mass is 16.4. The van der Waals surface area contributed by atoms with Crippen LogP contribution in [0.25, 0.3) is 0 Å². The lowest BCUT2D eigenvalue weighted by atomic mass is 9.88. The smallest absolute Gasteiger partial charge is 0.315 e. The van der Waals surface area contributed by atoms with Crippen LogP contribution in [0.15, 0.2) is 24.5 Å². The molecule has 0 aromatic carbocycles. The minimum absolute atomic E-state index is 0.0949. The SMILES string of the molecule is CCC(C)(CNC(=O)NCc1cccnc1)C(=O)O. The van der Waals surface area contributed by atoms with Crippen molar-refractivity contribution in [3.8, 4) is 0 Å². The number of carboxylic acid groups (broad SMARTS) is 1. The topological polar surface area (TPSA) is 91.3 Å². The summed E-state index contributed by atoms with van der Waals surface area (Å²) in [6, 6.07) is 3.25. The van der Waals surface area contributed by atoms with Gasteiger partial charge in [-0.15, -0.1) is 0 Å². The lowest BCUT2D eigenvalue weighted by Crippen LogP contribution is -2.44. The van der Waals surface area contributed by atoms with E-state index in [1.54, 1.807) is 32.3 Å². The number of carbonyl (C=O) groups excluding carboxylic acids is 1. The molecule has 0 aliphatic carbocycles. The van der Waals surface area contributed by atoms with E-state index in [4.69, 9.17) is 5.11 Å². The molecule has 0 saturated heterocycles. The van der Waals surface area contributed by atoms with E-state index in [1.807, 2.05) is 6.07 Å². The first-order valence-corrected chi connectivity index (χ1v) is 6.12. The fourth-order valence-corrected chi connectivity index (χ4v) is 1.37. The Morgan fingerprint density at radius 1 is 1.42 bits per heavy atom. The molecule has 1 aromatic rings. The van der Waals surface area contributed by atoms with Crippen molar-refractivity contribution in [2.45, 2.75) is 26.8 Å².